The Kier molecular flexibility index (Phi) is 4.55. The number of hydrogen-bond acceptors (Lipinski definition) is 4. The van der Waals surface area contributed by atoms with Crippen LogP contribution >= 0.6 is 0 Å². The molecule has 0 bridgehead atoms. The number of rotatable bonds is 5. The minimum atomic E-state index is -0.993. The molecular weight excluding hydrogens is 246 g/mol. The Morgan fingerprint density at radius 3 is 2.95 bits per heavy atom. The minimum Gasteiger partial charge on any atom is -0.476 e. The summed E-state index contributed by atoms with van der Waals surface area (Å²) in [7, 11) is 1.77. The molecule has 1 aromatic heterocycles. The zero-order valence-electron chi connectivity index (χ0n) is 11.2. The molecule has 1 saturated heterocycles. The second-order valence-corrected chi connectivity index (χ2v) is 5.08. The fourth-order valence-corrected chi connectivity index (χ4v) is 2.71. The van der Waals surface area contributed by atoms with Gasteiger partial charge in [-0.25, -0.2) is 4.79 Å². The van der Waals surface area contributed by atoms with Crippen molar-refractivity contribution < 1.29 is 15.0 Å². The van der Waals surface area contributed by atoms with Crippen LogP contribution in [0.4, 0.5) is 0 Å². The van der Waals surface area contributed by atoms with Crippen LogP contribution in [0.2, 0.25) is 0 Å². The molecule has 0 radical (unpaired) electrons. The highest BCUT2D eigenvalue weighted by Crippen LogP contribution is 2.21. The van der Waals surface area contributed by atoms with E-state index in [0.717, 1.165) is 31.5 Å². The number of carboxylic acid groups (broad SMARTS) is 1. The Morgan fingerprint density at radius 2 is 2.32 bits per heavy atom. The van der Waals surface area contributed by atoms with Crippen LogP contribution in [-0.4, -0.2) is 50.1 Å². The van der Waals surface area contributed by atoms with Gasteiger partial charge in [0.05, 0.1) is 5.69 Å². The lowest BCUT2D eigenvalue weighted by Crippen LogP contribution is -2.39. The molecular formula is C13H21N3O3. The zero-order valence-corrected chi connectivity index (χ0v) is 11.2. The molecule has 0 saturated carbocycles. The van der Waals surface area contributed by atoms with Gasteiger partial charge in [0.1, 0.15) is 0 Å². The molecule has 106 valence electrons. The first-order chi connectivity index (χ1) is 9.11. The van der Waals surface area contributed by atoms with Gasteiger partial charge < -0.3 is 10.2 Å². The standard InChI is InChI=1S/C13H21N3O3/c1-15-11(8-12(14-15)13(18)19)9-16-6-3-2-4-10(16)5-7-17/h8,10,17H,2-7,9H2,1H3,(H,18,19). The first-order valence-corrected chi connectivity index (χ1v) is 6.73. The summed E-state index contributed by atoms with van der Waals surface area (Å²) >= 11 is 0. The summed E-state index contributed by atoms with van der Waals surface area (Å²) in [5.74, 6) is -0.993. The fourth-order valence-electron chi connectivity index (χ4n) is 2.71. The summed E-state index contributed by atoms with van der Waals surface area (Å²) < 4.78 is 1.63. The van der Waals surface area contributed by atoms with Crippen LogP contribution in [0.1, 0.15) is 41.9 Å². The molecule has 2 rings (SSSR count). The lowest BCUT2D eigenvalue weighted by atomic mass is 9.99. The molecule has 6 nitrogen and oxygen atoms in total. The van der Waals surface area contributed by atoms with Crippen LogP contribution in [0.5, 0.6) is 0 Å². The monoisotopic (exact) mass is 267 g/mol. The van der Waals surface area contributed by atoms with Crippen molar-refractivity contribution in [2.24, 2.45) is 7.05 Å². The lowest BCUT2D eigenvalue weighted by molar-refractivity contribution is 0.0689. The summed E-state index contributed by atoms with van der Waals surface area (Å²) in [5, 5.41) is 22.0. The molecule has 6 heteroatoms. The summed E-state index contributed by atoms with van der Waals surface area (Å²) in [4.78, 5) is 13.2. The van der Waals surface area contributed by atoms with E-state index in [2.05, 4.69) is 10.00 Å². The molecule has 0 spiro atoms. The SMILES string of the molecule is Cn1nc(C(=O)O)cc1CN1CCCCC1CCO. The van der Waals surface area contributed by atoms with Gasteiger partial charge in [0.25, 0.3) is 0 Å². The van der Waals surface area contributed by atoms with Crippen LogP contribution < -0.4 is 0 Å². The van der Waals surface area contributed by atoms with Crippen LogP contribution in [0.15, 0.2) is 6.07 Å². The molecule has 1 fully saturated rings. The van der Waals surface area contributed by atoms with Crippen LogP contribution in [0.3, 0.4) is 0 Å². The summed E-state index contributed by atoms with van der Waals surface area (Å²) in [6.07, 6.45) is 4.24. The van der Waals surface area contributed by atoms with Crippen LogP contribution in [-0.2, 0) is 13.6 Å². The highest BCUT2D eigenvalue weighted by molar-refractivity contribution is 5.85. The quantitative estimate of drug-likeness (QED) is 0.827. The van der Waals surface area contributed by atoms with E-state index in [9.17, 15) is 4.79 Å². The summed E-state index contributed by atoms with van der Waals surface area (Å²) in [6.45, 7) is 1.90. The third kappa shape index (κ3) is 3.33. The van der Waals surface area contributed by atoms with E-state index in [4.69, 9.17) is 10.2 Å². The van der Waals surface area contributed by atoms with Gasteiger partial charge in [0.15, 0.2) is 5.69 Å². The first-order valence-electron chi connectivity index (χ1n) is 6.73. The van der Waals surface area contributed by atoms with E-state index in [1.54, 1.807) is 17.8 Å². The topological polar surface area (TPSA) is 78.6 Å². The molecule has 1 aliphatic heterocycles. The molecule has 1 aromatic rings. The third-order valence-electron chi connectivity index (χ3n) is 3.77. The van der Waals surface area contributed by atoms with Gasteiger partial charge in [0.2, 0.25) is 0 Å². The molecule has 0 amide bonds. The van der Waals surface area contributed by atoms with Gasteiger partial charge in [-0.3, -0.25) is 9.58 Å². The van der Waals surface area contributed by atoms with Crippen molar-refractivity contribution in [1.82, 2.24) is 14.7 Å². The highest BCUT2D eigenvalue weighted by Gasteiger charge is 2.23. The van der Waals surface area contributed by atoms with Crippen molar-refractivity contribution in [2.45, 2.75) is 38.3 Å². The average molecular weight is 267 g/mol. The summed E-state index contributed by atoms with van der Waals surface area (Å²) in [5.41, 5.74) is 0.996. The molecule has 0 aromatic carbocycles. The van der Waals surface area contributed by atoms with Crippen molar-refractivity contribution in [1.29, 1.82) is 0 Å². The molecule has 1 unspecified atom stereocenters. The smallest absolute Gasteiger partial charge is 0.356 e. The molecule has 2 heterocycles. The number of piperidine rings is 1. The Bertz CT molecular complexity index is 442. The van der Waals surface area contributed by atoms with E-state index < -0.39 is 5.97 Å². The van der Waals surface area contributed by atoms with Crippen molar-refractivity contribution in [3.8, 4) is 0 Å². The summed E-state index contributed by atoms with van der Waals surface area (Å²) in [6, 6.07) is 2.02. The number of aromatic carboxylic acids is 1. The molecule has 1 atom stereocenters. The molecule has 1 aliphatic rings. The molecule has 0 aliphatic carbocycles. The Labute approximate surface area is 112 Å². The fraction of sp³-hybridized carbons (Fsp3) is 0.692. The normalized spacial score (nSPS) is 20.6. The van der Waals surface area contributed by atoms with Gasteiger partial charge in [-0.1, -0.05) is 6.42 Å². The van der Waals surface area contributed by atoms with Gasteiger partial charge in [-0.15, -0.1) is 0 Å². The maximum Gasteiger partial charge on any atom is 0.356 e. The van der Waals surface area contributed by atoms with Crippen LogP contribution in [0.25, 0.3) is 0 Å². The maximum absolute atomic E-state index is 10.9. The average Bonchev–Trinajstić information content (AvgIpc) is 2.74. The maximum atomic E-state index is 10.9. The Morgan fingerprint density at radius 1 is 1.53 bits per heavy atom. The van der Waals surface area contributed by atoms with E-state index >= 15 is 0 Å². The number of likely N-dealkylation sites (tertiary alicyclic amines) is 1. The number of hydrogen-bond donors (Lipinski definition) is 2. The number of nitrogens with zero attached hydrogens (tertiary/aromatic N) is 3. The van der Waals surface area contributed by atoms with Gasteiger partial charge in [-0.05, 0) is 31.9 Å². The predicted octanol–water partition coefficient (Wildman–Crippen LogP) is 0.855. The van der Waals surface area contributed by atoms with Crippen molar-refractivity contribution in [2.75, 3.05) is 13.2 Å². The lowest BCUT2D eigenvalue weighted by Gasteiger charge is -2.35. The van der Waals surface area contributed by atoms with E-state index in [-0.39, 0.29) is 12.3 Å². The Hall–Kier alpha value is -1.40. The number of aromatic nitrogens is 2. The number of aliphatic hydroxyl groups excluding tert-OH is 1. The zero-order chi connectivity index (χ0) is 13.8. The van der Waals surface area contributed by atoms with Gasteiger partial charge in [-0.2, -0.15) is 5.10 Å². The van der Waals surface area contributed by atoms with Gasteiger partial charge >= 0.3 is 5.97 Å². The second kappa shape index (κ2) is 6.16. The Balaban J connectivity index is 2.08. The van der Waals surface area contributed by atoms with E-state index in [0.29, 0.717) is 12.6 Å². The largest absolute Gasteiger partial charge is 0.476 e. The van der Waals surface area contributed by atoms with E-state index in [1.165, 1.54) is 6.42 Å². The minimum absolute atomic E-state index is 0.0909. The predicted molar refractivity (Wildman–Crippen MR) is 69.9 cm³/mol. The van der Waals surface area contributed by atoms with Crippen molar-refractivity contribution in [3.05, 3.63) is 17.5 Å². The first kappa shape index (κ1) is 14.0. The number of carboxylic acids is 1. The number of aryl methyl sites for hydroxylation is 1. The van der Waals surface area contributed by atoms with Crippen LogP contribution in [0, 0.1) is 0 Å². The van der Waals surface area contributed by atoms with E-state index in [1.807, 2.05) is 0 Å². The highest BCUT2D eigenvalue weighted by atomic mass is 16.4. The number of carbonyl (C=O) groups is 1. The molecule has 19 heavy (non-hydrogen) atoms. The van der Waals surface area contributed by atoms with Gasteiger partial charge in [0, 0.05) is 26.2 Å². The second-order valence-electron chi connectivity index (χ2n) is 5.08. The molecule has 2 N–H and O–H groups in total. The van der Waals surface area contributed by atoms with Crippen molar-refractivity contribution in [3.63, 3.8) is 0 Å². The number of aliphatic hydroxyl groups is 1. The van der Waals surface area contributed by atoms with Crippen molar-refractivity contribution >= 4 is 5.97 Å². The third-order valence-corrected chi connectivity index (χ3v) is 3.77.